The minimum absolute atomic E-state index is 0.932. The first-order chi connectivity index (χ1) is 6.36. The number of rotatable bonds is 1. The highest BCUT2D eigenvalue weighted by molar-refractivity contribution is 5.69. The fraction of sp³-hybridized carbons (Fsp3) is 0. The maximum Gasteiger partial charge on any atom is 0.0457 e. The van der Waals surface area contributed by atoms with Crippen molar-refractivity contribution in [2.75, 3.05) is 0 Å². The molecule has 1 heteroatoms. The molecule has 0 spiro atoms. The smallest absolute Gasteiger partial charge is 0.0457 e. The molecule has 0 saturated carbocycles. The van der Waals surface area contributed by atoms with E-state index in [0.717, 1.165) is 11.4 Å². The third-order valence-corrected chi connectivity index (χ3v) is 1.94. The molecule has 1 N–H and O–H groups in total. The van der Waals surface area contributed by atoms with E-state index in [9.17, 15) is 0 Å². The second-order valence-electron chi connectivity index (χ2n) is 2.96. The summed E-state index contributed by atoms with van der Waals surface area (Å²) in [5, 5.41) is 3.21. The normalized spacial score (nSPS) is 15.1. The van der Waals surface area contributed by atoms with E-state index in [-0.39, 0.29) is 0 Å². The Bertz CT molecular complexity index is 371. The molecule has 0 unspecified atom stereocenters. The summed E-state index contributed by atoms with van der Waals surface area (Å²) in [7, 11) is 0. The zero-order valence-electron chi connectivity index (χ0n) is 7.33. The lowest BCUT2D eigenvalue weighted by Crippen LogP contribution is -2.11. The zero-order valence-corrected chi connectivity index (χ0v) is 7.33. The van der Waals surface area contributed by atoms with E-state index in [1.54, 1.807) is 0 Å². The highest BCUT2D eigenvalue weighted by Crippen LogP contribution is 2.15. The van der Waals surface area contributed by atoms with Gasteiger partial charge in [-0.3, -0.25) is 0 Å². The number of benzene rings is 1. The van der Waals surface area contributed by atoms with Crippen molar-refractivity contribution in [3.63, 3.8) is 0 Å². The summed E-state index contributed by atoms with van der Waals surface area (Å²) < 4.78 is 0. The summed E-state index contributed by atoms with van der Waals surface area (Å²) in [5.74, 6) is 0. The van der Waals surface area contributed by atoms with Gasteiger partial charge in [0.25, 0.3) is 0 Å². The number of allylic oxidation sites excluding steroid dienone is 3. The lowest BCUT2D eigenvalue weighted by molar-refractivity contribution is 1.13. The van der Waals surface area contributed by atoms with Crippen LogP contribution in [0.1, 0.15) is 5.56 Å². The third kappa shape index (κ3) is 1.70. The Kier molecular flexibility index (Phi) is 2.01. The molecule has 1 aliphatic rings. The van der Waals surface area contributed by atoms with Crippen LogP contribution in [-0.4, -0.2) is 0 Å². The fourth-order valence-electron chi connectivity index (χ4n) is 1.30. The van der Waals surface area contributed by atoms with E-state index in [4.69, 9.17) is 0 Å². The molecular weight excluding hydrogens is 158 g/mol. The molecule has 2 rings (SSSR count). The quantitative estimate of drug-likeness (QED) is 0.681. The van der Waals surface area contributed by atoms with E-state index in [0.29, 0.717) is 0 Å². The topological polar surface area (TPSA) is 12.0 Å². The predicted molar refractivity (Wildman–Crippen MR) is 55.8 cm³/mol. The van der Waals surface area contributed by atoms with E-state index in [1.807, 2.05) is 36.4 Å². The maximum atomic E-state index is 3.85. The van der Waals surface area contributed by atoms with Gasteiger partial charge >= 0.3 is 0 Å². The first-order valence-electron chi connectivity index (χ1n) is 4.26. The lowest BCUT2D eigenvalue weighted by atomic mass is 10.1. The van der Waals surface area contributed by atoms with Crippen molar-refractivity contribution in [3.8, 4) is 0 Å². The van der Waals surface area contributed by atoms with Crippen molar-refractivity contribution in [1.29, 1.82) is 0 Å². The van der Waals surface area contributed by atoms with Gasteiger partial charge in [-0.05, 0) is 17.7 Å². The van der Waals surface area contributed by atoms with Crippen molar-refractivity contribution in [3.05, 3.63) is 66.4 Å². The van der Waals surface area contributed by atoms with Gasteiger partial charge in [-0.15, -0.1) is 0 Å². The Balaban J connectivity index is 2.33. The molecule has 0 saturated heterocycles. The molecule has 0 aromatic heterocycles. The van der Waals surface area contributed by atoms with E-state index < -0.39 is 0 Å². The molecular formula is C12H11N. The summed E-state index contributed by atoms with van der Waals surface area (Å²) >= 11 is 0. The molecule has 0 amide bonds. The SMILES string of the molecule is C=C1C=CC=C(c2ccccc2)N1. The van der Waals surface area contributed by atoms with Gasteiger partial charge in [-0.1, -0.05) is 43.0 Å². The number of nitrogens with one attached hydrogen (secondary N) is 1. The monoisotopic (exact) mass is 169 g/mol. The Morgan fingerprint density at radius 1 is 1.08 bits per heavy atom. The van der Waals surface area contributed by atoms with Gasteiger partial charge in [-0.2, -0.15) is 0 Å². The molecule has 1 heterocycles. The van der Waals surface area contributed by atoms with Crippen LogP contribution < -0.4 is 5.32 Å². The zero-order chi connectivity index (χ0) is 9.10. The molecule has 0 atom stereocenters. The Labute approximate surface area is 78.1 Å². The largest absolute Gasteiger partial charge is 0.356 e. The average molecular weight is 169 g/mol. The second-order valence-corrected chi connectivity index (χ2v) is 2.96. The Morgan fingerprint density at radius 2 is 1.85 bits per heavy atom. The molecule has 0 fully saturated rings. The predicted octanol–water partition coefficient (Wildman–Crippen LogP) is 2.70. The van der Waals surface area contributed by atoms with Gasteiger partial charge in [-0.25, -0.2) is 0 Å². The van der Waals surface area contributed by atoms with Crippen LogP contribution in [0, 0.1) is 0 Å². The highest BCUT2D eigenvalue weighted by Gasteiger charge is 2.02. The number of hydrogen-bond donors (Lipinski definition) is 1. The molecule has 13 heavy (non-hydrogen) atoms. The highest BCUT2D eigenvalue weighted by atomic mass is 14.9. The first-order valence-corrected chi connectivity index (χ1v) is 4.26. The van der Waals surface area contributed by atoms with Crippen LogP contribution in [-0.2, 0) is 0 Å². The summed E-state index contributed by atoms with van der Waals surface area (Å²) in [4.78, 5) is 0. The molecule has 64 valence electrons. The fourth-order valence-corrected chi connectivity index (χ4v) is 1.30. The lowest BCUT2D eigenvalue weighted by Gasteiger charge is -2.13. The first kappa shape index (κ1) is 7.87. The Morgan fingerprint density at radius 3 is 2.54 bits per heavy atom. The minimum Gasteiger partial charge on any atom is -0.356 e. The second kappa shape index (κ2) is 3.31. The van der Waals surface area contributed by atoms with Crippen molar-refractivity contribution in [2.24, 2.45) is 0 Å². The summed E-state index contributed by atoms with van der Waals surface area (Å²) in [6.07, 6.45) is 6.00. The average Bonchev–Trinajstić information content (AvgIpc) is 2.19. The third-order valence-electron chi connectivity index (χ3n) is 1.94. The van der Waals surface area contributed by atoms with E-state index in [2.05, 4.69) is 24.0 Å². The van der Waals surface area contributed by atoms with Gasteiger partial charge in [0.15, 0.2) is 0 Å². The van der Waals surface area contributed by atoms with Crippen LogP contribution in [0.2, 0.25) is 0 Å². The summed E-state index contributed by atoms with van der Waals surface area (Å²) in [6, 6.07) is 10.2. The van der Waals surface area contributed by atoms with Gasteiger partial charge in [0.2, 0.25) is 0 Å². The van der Waals surface area contributed by atoms with Crippen molar-refractivity contribution >= 4 is 5.70 Å². The van der Waals surface area contributed by atoms with E-state index >= 15 is 0 Å². The van der Waals surface area contributed by atoms with Gasteiger partial charge in [0.1, 0.15) is 0 Å². The maximum absolute atomic E-state index is 3.85. The number of hydrogen-bond acceptors (Lipinski definition) is 1. The van der Waals surface area contributed by atoms with Crippen molar-refractivity contribution in [2.45, 2.75) is 0 Å². The molecule has 1 nitrogen and oxygen atoms in total. The molecule has 0 aliphatic carbocycles. The van der Waals surface area contributed by atoms with Gasteiger partial charge in [0.05, 0.1) is 0 Å². The minimum atomic E-state index is 0.932. The molecule has 1 aromatic carbocycles. The van der Waals surface area contributed by atoms with Crippen LogP contribution >= 0.6 is 0 Å². The van der Waals surface area contributed by atoms with Gasteiger partial charge < -0.3 is 5.32 Å². The molecule has 0 bridgehead atoms. The summed E-state index contributed by atoms with van der Waals surface area (Å²) in [5.41, 5.74) is 3.22. The molecule has 1 aliphatic heterocycles. The van der Waals surface area contributed by atoms with Crippen LogP contribution in [0.5, 0.6) is 0 Å². The number of dihydropyridines is 1. The van der Waals surface area contributed by atoms with E-state index in [1.165, 1.54) is 5.56 Å². The summed E-state index contributed by atoms with van der Waals surface area (Å²) in [6.45, 7) is 3.85. The van der Waals surface area contributed by atoms with Crippen LogP contribution in [0.4, 0.5) is 0 Å². The molecule has 1 aromatic rings. The van der Waals surface area contributed by atoms with Crippen LogP contribution in [0.3, 0.4) is 0 Å². The van der Waals surface area contributed by atoms with Crippen molar-refractivity contribution in [1.82, 2.24) is 5.32 Å². The standard InChI is InChI=1S/C12H11N/c1-10-6-5-9-12(13-10)11-7-3-2-4-8-11/h2-9,13H,1H2. The van der Waals surface area contributed by atoms with Crippen LogP contribution in [0.25, 0.3) is 5.70 Å². The van der Waals surface area contributed by atoms with Crippen LogP contribution in [0.15, 0.2) is 60.8 Å². The molecule has 0 radical (unpaired) electrons. The van der Waals surface area contributed by atoms with Gasteiger partial charge in [0, 0.05) is 11.4 Å². The Hall–Kier alpha value is -1.76. The van der Waals surface area contributed by atoms with Crippen molar-refractivity contribution < 1.29 is 0 Å².